The van der Waals surface area contributed by atoms with Crippen molar-refractivity contribution in [1.29, 1.82) is 5.26 Å². The van der Waals surface area contributed by atoms with Gasteiger partial charge in [0.2, 0.25) is 0 Å². The molecule has 6 nitrogen and oxygen atoms in total. The summed E-state index contributed by atoms with van der Waals surface area (Å²) in [7, 11) is 0. The number of ether oxygens (including phenoxy) is 1. The zero-order valence-electron chi connectivity index (χ0n) is 15.5. The molecule has 0 saturated carbocycles. The van der Waals surface area contributed by atoms with Crippen LogP contribution in [0.2, 0.25) is 0 Å². The molecule has 0 unspecified atom stereocenters. The van der Waals surface area contributed by atoms with Gasteiger partial charge in [0, 0.05) is 11.8 Å². The lowest BCUT2D eigenvalue weighted by molar-refractivity contribution is 0.294. The maximum Gasteiger partial charge on any atom is 0.189 e. The lowest BCUT2D eigenvalue weighted by Crippen LogP contribution is -2.14. The Kier molecular flexibility index (Phi) is 4.88. The summed E-state index contributed by atoms with van der Waals surface area (Å²) in [6.07, 6.45) is 3.70. The van der Waals surface area contributed by atoms with Gasteiger partial charge in [0.05, 0.1) is 22.7 Å². The first-order valence-electron chi connectivity index (χ1n) is 8.25. The number of aryl methyl sites for hydroxylation is 1. The van der Waals surface area contributed by atoms with Gasteiger partial charge in [0.1, 0.15) is 12.4 Å². The Morgan fingerprint density at radius 2 is 2.08 bits per heavy atom. The number of hydrogen-bond acceptors (Lipinski definition) is 6. The third-order valence-corrected chi connectivity index (χ3v) is 4.74. The molecule has 0 radical (unpaired) electrons. The van der Waals surface area contributed by atoms with E-state index in [-0.39, 0.29) is 5.41 Å². The Hall–Kier alpha value is -2.59. The van der Waals surface area contributed by atoms with Crippen molar-refractivity contribution in [2.45, 2.75) is 44.9 Å². The normalized spacial score (nSPS) is 11.5. The van der Waals surface area contributed by atoms with Crippen molar-refractivity contribution >= 4 is 22.8 Å². The molecule has 0 saturated heterocycles. The van der Waals surface area contributed by atoms with E-state index in [1.54, 1.807) is 6.20 Å². The van der Waals surface area contributed by atoms with Gasteiger partial charge in [-0.2, -0.15) is 10.4 Å². The number of fused-ring (bicyclic) bond motifs is 1. The van der Waals surface area contributed by atoms with Crippen LogP contribution in [-0.2, 0) is 12.0 Å². The van der Waals surface area contributed by atoms with Gasteiger partial charge in [-0.05, 0) is 36.3 Å². The van der Waals surface area contributed by atoms with Gasteiger partial charge in [0.25, 0.3) is 0 Å². The summed E-state index contributed by atoms with van der Waals surface area (Å²) in [6, 6.07) is 6.10. The first kappa shape index (κ1) is 18.2. The zero-order chi connectivity index (χ0) is 18.9. The van der Waals surface area contributed by atoms with E-state index in [1.165, 1.54) is 11.8 Å². The van der Waals surface area contributed by atoms with E-state index in [9.17, 15) is 5.26 Å². The average molecular weight is 367 g/mol. The summed E-state index contributed by atoms with van der Waals surface area (Å²) in [5.74, 6) is 0.776. The molecule has 0 atom stereocenters. The fourth-order valence-electron chi connectivity index (χ4n) is 2.70. The van der Waals surface area contributed by atoms with Crippen LogP contribution >= 0.6 is 11.8 Å². The molecular formula is C19H21N5OS. The van der Waals surface area contributed by atoms with E-state index in [0.29, 0.717) is 23.0 Å². The van der Waals surface area contributed by atoms with Crippen LogP contribution in [0, 0.1) is 18.3 Å². The van der Waals surface area contributed by atoms with E-state index in [2.05, 4.69) is 47.0 Å². The highest BCUT2D eigenvalue weighted by molar-refractivity contribution is 7.98. The topological polar surface area (TPSA) is 87.5 Å². The number of hydrogen-bond donors (Lipinski definition) is 1. The third-order valence-electron chi connectivity index (χ3n) is 4.18. The Labute approximate surface area is 157 Å². The monoisotopic (exact) mass is 367 g/mol. The molecule has 26 heavy (non-hydrogen) atoms. The van der Waals surface area contributed by atoms with E-state index in [0.717, 1.165) is 28.0 Å². The standard InChI is InChI=1S/C19H21N5OS/c1-11-6-16(14(19(2,3)4)7-12(11)8-20)25-10-15-13-9-21-18(26-5)22-17(13)24-23-15/h6-7,9H,10H2,1-5H3,(H,21,22,23,24). The van der Waals surface area contributed by atoms with Gasteiger partial charge in [-0.15, -0.1) is 0 Å². The lowest BCUT2D eigenvalue weighted by Gasteiger charge is -2.23. The van der Waals surface area contributed by atoms with E-state index in [4.69, 9.17) is 4.74 Å². The first-order valence-corrected chi connectivity index (χ1v) is 9.48. The van der Waals surface area contributed by atoms with Crippen LogP contribution in [0.5, 0.6) is 5.75 Å². The predicted octanol–water partition coefficient (Wildman–Crippen LogP) is 4.13. The Bertz CT molecular complexity index is 998. The summed E-state index contributed by atoms with van der Waals surface area (Å²) in [5.41, 5.74) is 3.90. The molecule has 0 amide bonds. The quantitative estimate of drug-likeness (QED) is 0.551. The maximum absolute atomic E-state index is 9.32. The molecule has 2 heterocycles. The molecule has 0 bridgehead atoms. The molecule has 0 fully saturated rings. The van der Waals surface area contributed by atoms with Crippen molar-refractivity contribution in [2.75, 3.05) is 6.26 Å². The minimum absolute atomic E-state index is 0.138. The molecule has 1 N–H and O–H groups in total. The van der Waals surface area contributed by atoms with Gasteiger partial charge >= 0.3 is 0 Å². The number of nitrogens with one attached hydrogen (secondary N) is 1. The minimum Gasteiger partial charge on any atom is -0.487 e. The fourth-order valence-corrected chi connectivity index (χ4v) is 3.04. The van der Waals surface area contributed by atoms with E-state index >= 15 is 0 Å². The largest absolute Gasteiger partial charge is 0.487 e. The van der Waals surface area contributed by atoms with Gasteiger partial charge in [-0.25, -0.2) is 9.97 Å². The first-order chi connectivity index (χ1) is 12.3. The molecule has 7 heteroatoms. The number of aromatic amines is 1. The highest BCUT2D eigenvalue weighted by Crippen LogP contribution is 2.34. The SMILES string of the molecule is CSc1ncc2c(COc3cc(C)c(C#N)cc3C(C)(C)C)[nH]nc2n1. The number of benzene rings is 1. The van der Waals surface area contributed by atoms with Crippen molar-refractivity contribution in [3.05, 3.63) is 40.7 Å². The molecule has 1 aromatic carbocycles. The van der Waals surface area contributed by atoms with Crippen LogP contribution < -0.4 is 4.74 Å². The van der Waals surface area contributed by atoms with Gasteiger partial charge in [-0.1, -0.05) is 32.5 Å². The van der Waals surface area contributed by atoms with Crippen molar-refractivity contribution in [1.82, 2.24) is 20.2 Å². The Balaban J connectivity index is 1.93. The summed E-state index contributed by atoms with van der Waals surface area (Å²) < 4.78 is 6.11. The molecule has 3 aromatic rings. The number of nitriles is 1. The number of rotatable bonds is 4. The second-order valence-electron chi connectivity index (χ2n) is 7.11. The zero-order valence-corrected chi connectivity index (χ0v) is 16.4. The molecule has 3 rings (SSSR count). The van der Waals surface area contributed by atoms with Gasteiger partial charge in [-0.3, -0.25) is 5.10 Å². The highest BCUT2D eigenvalue weighted by atomic mass is 32.2. The van der Waals surface area contributed by atoms with Crippen molar-refractivity contribution in [2.24, 2.45) is 0 Å². The number of aromatic nitrogens is 4. The fraction of sp³-hybridized carbons (Fsp3) is 0.368. The molecule has 0 aliphatic rings. The number of nitrogens with zero attached hydrogens (tertiary/aromatic N) is 4. The van der Waals surface area contributed by atoms with Crippen molar-refractivity contribution in [3.8, 4) is 11.8 Å². The van der Waals surface area contributed by atoms with Crippen LogP contribution in [0.1, 0.15) is 43.2 Å². The molecule has 0 aliphatic heterocycles. The summed E-state index contributed by atoms with van der Waals surface area (Å²) in [6.45, 7) is 8.56. The van der Waals surface area contributed by atoms with Crippen LogP contribution in [0.3, 0.4) is 0 Å². The lowest BCUT2D eigenvalue weighted by atomic mass is 9.84. The summed E-state index contributed by atoms with van der Waals surface area (Å²) in [5, 5.41) is 18.1. The Morgan fingerprint density at radius 1 is 1.31 bits per heavy atom. The second-order valence-corrected chi connectivity index (χ2v) is 7.88. The highest BCUT2D eigenvalue weighted by Gasteiger charge is 2.21. The van der Waals surface area contributed by atoms with E-state index < -0.39 is 0 Å². The van der Waals surface area contributed by atoms with Gasteiger partial charge in [0.15, 0.2) is 10.8 Å². The minimum atomic E-state index is -0.138. The van der Waals surface area contributed by atoms with Crippen molar-refractivity contribution < 1.29 is 4.74 Å². The van der Waals surface area contributed by atoms with Crippen LogP contribution in [-0.4, -0.2) is 26.4 Å². The predicted molar refractivity (Wildman–Crippen MR) is 102 cm³/mol. The maximum atomic E-state index is 9.32. The molecule has 0 aliphatic carbocycles. The third kappa shape index (κ3) is 3.51. The van der Waals surface area contributed by atoms with Crippen molar-refractivity contribution in [3.63, 3.8) is 0 Å². The van der Waals surface area contributed by atoms with Crippen LogP contribution in [0.25, 0.3) is 11.0 Å². The Morgan fingerprint density at radius 3 is 2.73 bits per heavy atom. The molecule has 2 aromatic heterocycles. The van der Waals surface area contributed by atoms with Crippen LogP contribution in [0.4, 0.5) is 0 Å². The van der Waals surface area contributed by atoms with E-state index in [1.807, 2.05) is 25.3 Å². The molecular weight excluding hydrogens is 346 g/mol. The summed E-state index contributed by atoms with van der Waals surface area (Å²) >= 11 is 1.48. The second kappa shape index (κ2) is 6.96. The van der Waals surface area contributed by atoms with Gasteiger partial charge < -0.3 is 4.74 Å². The van der Waals surface area contributed by atoms with Crippen LogP contribution in [0.15, 0.2) is 23.5 Å². The smallest absolute Gasteiger partial charge is 0.189 e. The number of thioether (sulfide) groups is 1. The molecule has 134 valence electrons. The molecule has 0 spiro atoms. The summed E-state index contributed by atoms with van der Waals surface area (Å²) in [4.78, 5) is 8.69. The average Bonchev–Trinajstić information content (AvgIpc) is 3.01. The number of H-pyrrole nitrogens is 1.